The lowest BCUT2D eigenvalue weighted by Gasteiger charge is -2.37. The number of nitrogens with one attached hydrogen (secondary N) is 1. The van der Waals surface area contributed by atoms with Crippen molar-refractivity contribution in [3.05, 3.63) is 35.9 Å². The SMILES string of the molecule is CC(=O)NC[C@]1(c2ccccc2)CC[C@H](O)[C@@H](N(C)C(=O)C2CCN(C(C)=O)CC2)CC1. The maximum atomic E-state index is 13.2. The Kier molecular flexibility index (Phi) is 7.93. The van der Waals surface area contributed by atoms with Crippen molar-refractivity contribution >= 4 is 17.7 Å². The molecular formula is C25H37N3O4. The van der Waals surface area contributed by atoms with Crippen LogP contribution in [0.2, 0.25) is 0 Å². The van der Waals surface area contributed by atoms with Crippen molar-refractivity contribution in [3.63, 3.8) is 0 Å². The molecule has 1 saturated carbocycles. The van der Waals surface area contributed by atoms with Crippen LogP contribution >= 0.6 is 0 Å². The predicted molar refractivity (Wildman–Crippen MR) is 123 cm³/mol. The second kappa shape index (κ2) is 10.5. The summed E-state index contributed by atoms with van der Waals surface area (Å²) in [5.74, 6) is -0.0543. The largest absolute Gasteiger partial charge is 0.391 e. The molecule has 3 rings (SSSR count). The number of nitrogens with zero attached hydrogens (tertiary/aromatic N) is 2. The Labute approximate surface area is 191 Å². The Balaban J connectivity index is 1.72. The van der Waals surface area contributed by atoms with E-state index in [1.165, 1.54) is 6.92 Å². The molecule has 0 unspecified atom stereocenters. The highest BCUT2D eigenvalue weighted by molar-refractivity contribution is 5.80. The Hall–Kier alpha value is -2.41. The van der Waals surface area contributed by atoms with Crippen molar-refractivity contribution in [2.45, 2.75) is 69.9 Å². The highest BCUT2D eigenvalue weighted by atomic mass is 16.3. The number of carbonyl (C=O) groups is 3. The van der Waals surface area contributed by atoms with Crippen LogP contribution in [-0.4, -0.2) is 71.5 Å². The number of aliphatic hydroxyl groups is 1. The first-order valence-corrected chi connectivity index (χ1v) is 11.7. The van der Waals surface area contributed by atoms with Crippen LogP contribution in [0.3, 0.4) is 0 Å². The van der Waals surface area contributed by atoms with Crippen LogP contribution in [0.4, 0.5) is 0 Å². The zero-order valence-corrected chi connectivity index (χ0v) is 19.5. The molecule has 0 spiro atoms. The molecule has 32 heavy (non-hydrogen) atoms. The minimum atomic E-state index is -0.607. The van der Waals surface area contributed by atoms with E-state index in [0.717, 1.165) is 18.4 Å². The molecular weight excluding hydrogens is 406 g/mol. The van der Waals surface area contributed by atoms with Gasteiger partial charge in [0.2, 0.25) is 17.7 Å². The minimum absolute atomic E-state index is 0.0554. The van der Waals surface area contributed by atoms with Gasteiger partial charge < -0.3 is 20.2 Å². The Bertz CT molecular complexity index is 807. The van der Waals surface area contributed by atoms with Gasteiger partial charge in [-0.3, -0.25) is 14.4 Å². The third-order valence-corrected chi connectivity index (χ3v) is 7.48. The number of carbonyl (C=O) groups excluding carboxylic acids is 3. The molecule has 2 fully saturated rings. The van der Waals surface area contributed by atoms with Crippen LogP contribution in [-0.2, 0) is 19.8 Å². The summed E-state index contributed by atoms with van der Waals surface area (Å²) in [5, 5.41) is 14.0. The first-order valence-electron chi connectivity index (χ1n) is 11.7. The van der Waals surface area contributed by atoms with Crippen LogP contribution in [0.1, 0.15) is 57.9 Å². The Morgan fingerprint density at radius 2 is 1.69 bits per heavy atom. The summed E-state index contributed by atoms with van der Waals surface area (Å²) >= 11 is 0. The van der Waals surface area contributed by atoms with Gasteiger partial charge in [0.15, 0.2) is 0 Å². The molecule has 0 bridgehead atoms. The van der Waals surface area contributed by atoms with Crippen molar-refractivity contribution in [1.82, 2.24) is 15.1 Å². The Morgan fingerprint density at radius 1 is 1.06 bits per heavy atom. The fraction of sp³-hybridized carbons (Fsp3) is 0.640. The lowest BCUT2D eigenvalue weighted by atomic mass is 9.74. The van der Waals surface area contributed by atoms with Gasteiger partial charge in [0.25, 0.3) is 0 Å². The molecule has 1 aliphatic carbocycles. The van der Waals surface area contributed by atoms with E-state index in [9.17, 15) is 19.5 Å². The third kappa shape index (κ3) is 5.49. The van der Waals surface area contributed by atoms with Gasteiger partial charge in [0, 0.05) is 51.9 Å². The van der Waals surface area contributed by atoms with E-state index in [1.807, 2.05) is 18.2 Å². The molecule has 1 aromatic rings. The molecule has 2 N–H and O–H groups in total. The standard InChI is InChI=1S/C25H37N3O4/c1-18(29)26-17-25(21-7-5-4-6-8-21)13-9-22(23(31)10-14-25)27(3)24(32)20-11-15-28(16-12-20)19(2)30/h4-8,20,22-23,31H,9-17H2,1-3H3,(H,26,29)/t22-,23-,25+/m0/s1. The number of likely N-dealkylation sites (N-methyl/N-ethyl adjacent to an activating group) is 1. The maximum Gasteiger partial charge on any atom is 0.225 e. The van der Waals surface area contributed by atoms with Crippen LogP contribution in [0.5, 0.6) is 0 Å². The highest BCUT2D eigenvalue weighted by Gasteiger charge is 2.41. The maximum absolute atomic E-state index is 13.2. The summed E-state index contributed by atoms with van der Waals surface area (Å²) in [4.78, 5) is 40.0. The van der Waals surface area contributed by atoms with Gasteiger partial charge >= 0.3 is 0 Å². The second-order valence-electron chi connectivity index (χ2n) is 9.50. The van der Waals surface area contributed by atoms with Crippen LogP contribution in [0, 0.1) is 5.92 Å². The molecule has 1 aliphatic heterocycles. The van der Waals surface area contributed by atoms with Gasteiger partial charge in [-0.2, -0.15) is 0 Å². The van der Waals surface area contributed by atoms with E-state index in [-0.39, 0.29) is 35.1 Å². The third-order valence-electron chi connectivity index (χ3n) is 7.48. The number of amides is 3. The van der Waals surface area contributed by atoms with Crippen molar-refractivity contribution < 1.29 is 19.5 Å². The highest BCUT2D eigenvalue weighted by Crippen LogP contribution is 2.39. The summed E-state index contributed by atoms with van der Waals surface area (Å²) in [5.41, 5.74) is 0.895. The number of hydrogen-bond donors (Lipinski definition) is 2. The summed E-state index contributed by atoms with van der Waals surface area (Å²) < 4.78 is 0. The lowest BCUT2D eigenvalue weighted by molar-refractivity contribution is -0.142. The van der Waals surface area contributed by atoms with Gasteiger partial charge in [0.1, 0.15) is 0 Å². The zero-order chi connectivity index (χ0) is 23.3. The topological polar surface area (TPSA) is 89.9 Å². The second-order valence-corrected chi connectivity index (χ2v) is 9.50. The smallest absolute Gasteiger partial charge is 0.225 e. The number of benzene rings is 1. The molecule has 1 heterocycles. The van der Waals surface area contributed by atoms with Gasteiger partial charge in [-0.25, -0.2) is 0 Å². The molecule has 2 aliphatic rings. The molecule has 176 valence electrons. The van der Waals surface area contributed by atoms with E-state index in [1.54, 1.807) is 23.8 Å². The molecule has 1 aromatic carbocycles. The summed E-state index contributed by atoms with van der Waals surface area (Å²) in [6.45, 7) is 4.83. The van der Waals surface area contributed by atoms with E-state index in [2.05, 4.69) is 17.4 Å². The van der Waals surface area contributed by atoms with E-state index >= 15 is 0 Å². The Morgan fingerprint density at radius 3 is 2.28 bits per heavy atom. The zero-order valence-electron chi connectivity index (χ0n) is 19.5. The van der Waals surface area contributed by atoms with Gasteiger partial charge in [-0.15, -0.1) is 0 Å². The number of piperidine rings is 1. The van der Waals surface area contributed by atoms with Crippen molar-refractivity contribution in [2.75, 3.05) is 26.7 Å². The monoisotopic (exact) mass is 443 g/mol. The number of likely N-dealkylation sites (tertiary alicyclic amines) is 1. The van der Waals surface area contributed by atoms with Crippen molar-refractivity contribution in [1.29, 1.82) is 0 Å². The molecule has 3 amide bonds. The predicted octanol–water partition coefficient (Wildman–Crippen LogP) is 2.08. The first-order chi connectivity index (χ1) is 15.2. The molecule has 1 saturated heterocycles. The molecule has 7 nitrogen and oxygen atoms in total. The average Bonchev–Trinajstić information content (AvgIpc) is 2.97. The van der Waals surface area contributed by atoms with E-state index in [4.69, 9.17) is 0 Å². The normalized spacial score (nSPS) is 26.8. The molecule has 0 aromatic heterocycles. The van der Waals surface area contributed by atoms with Crippen LogP contribution in [0.25, 0.3) is 0 Å². The first kappa shape index (κ1) is 24.2. The fourth-order valence-corrected chi connectivity index (χ4v) is 5.36. The molecule has 0 radical (unpaired) electrons. The quantitative estimate of drug-likeness (QED) is 0.682. The van der Waals surface area contributed by atoms with Gasteiger partial charge in [-0.05, 0) is 44.1 Å². The minimum Gasteiger partial charge on any atom is -0.391 e. The van der Waals surface area contributed by atoms with E-state index < -0.39 is 6.10 Å². The van der Waals surface area contributed by atoms with E-state index in [0.29, 0.717) is 45.3 Å². The average molecular weight is 444 g/mol. The lowest BCUT2D eigenvalue weighted by Crippen LogP contribution is -2.49. The molecule has 7 heteroatoms. The summed E-state index contributed by atoms with van der Waals surface area (Å²) in [7, 11) is 1.80. The van der Waals surface area contributed by atoms with Gasteiger partial charge in [-0.1, -0.05) is 30.3 Å². The van der Waals surface area contributed by atoms with Crippen molar-refractivity contribution in [2.24, 2.45) is 5.92 Å². The van der Waals surface area contributed by atoms with Gasteiger partial charge in [0.05, 0.1) is 12.1 Å². The van der Waals surface area contributed by atoms with Crippen molar-refractivity contribution in [3.8, 4) is 0 Å². The van der Waals surface area contributed by atoms with Crippen LogP contribution < -0.4 is 5.32 Å². The molecule has 3 atom stereocenters. The number of aliphatic hydroxyl groups excluding tert-OH is 1. The fourth-order valence-electron chi connectivity index (χ4n) is 5.36. The summed E-state index contributed by atoms with van der Waals surface area (Å²) in [6, 6.07) is 9.92. The van der Waals surface area contributed by atoms with Crippen LogP contribution in [0.15, 0.2) is 30.3 Å². The summed E-state index contributed by atoms with van der Waals surface area (Å²) in [6.07, 6.45) is 3.49. The number of rotatable bonds is 5. The number of hydrogen-bond acceptors (Lipinski definition) is 4.